The second-order valence-electron chi connectivity index (χ2n) is 10.7. The summed E-state index contributed by atoms with van der Waals surface area (Å²) < 4.78 is 0. The maximum absolute atomic E-state index is 13.5. The number of guanidine groups is 1. The number of carbonyl (C=O) groups is 3. The number of nitrogens with one attached hydrogen (secondary N) is 3. The van der Waals surface area contributed by atoms with E-state index < -0.39 is 34.7 Å². The number of aryl methyl sites for hydroxylation is 1. The fourth-order valence-electron chi connectivity index (χ4n) is 4.54. The van der Waals surface area contributed by atoms with Gasteiger partial charge in [0.1, 0.15) is 6.04 Å². The van der Waals surface area contributed by atoms with Gasteiger partial charge in [-0.15, -0.1) is 4.99 Å². The van der Waals surface area contributed by atoms with Crippen molar-refractivity contribution in [3.63, 3.8) is 0 Å². The minimum absolute atomic E-state index is 0.00484. The van der Waals surface area contributed by atoms with Crippen molar-refractivity contribution in [3.8, 4) is 6.19 Å². The third-order valence-electron chi connectivity index (χ3n) is 6.81. The lowest BCUT2D eigenvalue weighted by Gasteiger charge is -2.23. The van der Waals surface area contributed by atoms with E-state index in [0.717, 1.165) is 5.56 Å². The van der Waals surface area contributed by atoms with Gasteiger partial charge >= 0.3 is 11.9 Å². The zero-order valence-electron chi connectivity index (χ0n) is 24.8. The van der Waals surface area contributed by atoms with Gasteiger partial charge in [-0.25, -0.2) is 4.79 Å². The van der Waals surface area contributed by atoms with Crippen molar-refractivity contribution in [2.24, 2.45) is 10.9 Å². The predicted molar refractivity (Wildman–Crippen MR) is 168 cm³/mol. The van der Waals surface area contributed by atoms with Crippen LogP contribution in [0.1, 0.15) is 49.3 Å². The van der Waals surface area contributed by atoms with Gasteiger partial charge in [-0.3, -0.25) is 19.7 Å². The van der Waals surface area contributed by atoms with Crippen molar-refractivity contribution in [2.45, 2.75) is 51.5 Å². The predicted octanol–water partition coefficient (Wildman–Crippen LogP) is 4.91. The molecule has 1 amide bonds. The number of hydrogen-bond donors (Lipinski definition) is 5. The molecule has 0 bridgehead atoms. The molecule has 0 radical (unpaired) electrons. The number of benzene rings is 3. The Bertz CT molecular complexity index is 1560. The standard InChI is InChI=1S/C32H34N6O7/c1-20(2)17-27(30(41)37-28(31(42)43)18-22-5-3-21(4-6-22)7-16-29(39)40)23-8-10-24(11-9-23)35-32(34-19-33)36-25-12-14-26(15-13-25)38(44)45/h3-6,8-15,20,27-28H,7,16-18H2,1-2H3,(H,37,41)(H,39,40)(H,42,43)(H2,34,35,36). The Morgan fingerprint density at radius 2 is 1.47 bits per heavy atom. The third kappa shape index (κ3) is 10.8. The van der Waals surface area contributed by atoms with Gasteiger partial charge in [0.05, 0.1) is 10.8 Å². The summed E-state index contributed by atoms with van der Waals surface area (Å²) in [6.45, 7) is 3.93. The van der Waals surface area contributed by atoms with Gasteiger partial charge in [-0.2, -0.15) is 5.26 Å². The van der Waals surface area contributed by atoms with Crippen LogP contribution in [0.15, 0.2) is 77.8 Å². The normalized spacial score (nSPS) is 12.4. The number of carboxylic acids is 2. The number of non-ortho nitro benzene ring substituents is 1. The van der Waals surface area contributed by atoms with Crippen molar-refractivity contribution in [2.75, 3.05) is 10.6 Å². The molecule has 234 valence electrons. The summed E-state index contributed by atoms with van der Waals surface area (Å²) in [5.41, 5.74) is 3.10. The molecule has 13 heteroatoms. The molecule has 3 rings (SSSR count). The van der Waals surface area contributed by atoms with Gasteiger partial charge < -0.3 is 26.2 Å². The molecule has 5 N–H and O–H groups in total. The molecule has 0 aliphatic heterocycles. The van der Waals surface area contributed by atoms with Gasteiger partial charge in [0.15, 0.2) is 0 Å². The maximum atomic E-state index is 13.5. The van der Waals surface area contributed by atoms with Gasteiger partial charge in [-0.05, 0) is 59.7 Å². The fourth-order valence-corrected chi connectivity index (χ4v) is 4.54. The van der Waals surface area contributed by atoms with E-state index in [4.69, 9.17) is 10.4 Å². The number of aliphatic carboxylic acids is 2. The maximum Gasteiger partial charge on any atom is 0.326 e. The Morgan fingerprint density at radius 1 is 0.911 bits per heavy atom. The zero-order valence-corrected chi connectivity index (χ0v) is 24.8. The number of rotatable bonds is 14. The van der Waals surface area contributed by atoms with Crippen LogP contribution in [0.25, 0.3) is 0 Å². The summed E-state index contributed by atoms with van der Waals surface area (Å²) in [6, 6.07) is 18.2. The molecule has 0 aromatic heterocycles. The van der Waals surface area contributed by atoms with Crippen LogP contribution in [0.4, 0.5) is 17.1 Å². The molecule has 0 saturated carbocycles. The fraction of sp³-hybridized carbons (Fsp3) is 0.281. The quantitative estimate of drug-likeness (QED) is 0.0544. The Labute approximate surface area is 259 Å². The lowest BCUT2D eigenvalue weighted by atomic mass is 9.89. The van der Waals surface area contributed by atoms with Gasteiger partial charge in [0.25, 0.3) is 5.69 Å². The summed E-state index contributed by atoms with van der Waals surface area (Å²) >= 11 is 0. The summed E-state index contributed by atoms with van der Waals surface area (Å²) in [5.74, 6) is -2.93. The number of nitro groups is 1. The minimum atomic E-state index is -1.18. The highest BCUT2D eigenvalue weighted by Crippen LogP contribution is 2.26. The number of nitriles is 1. The highest BCUT2D eigenvalue weighted by atomic mass is 16.6. The van der Waals surface area contributed by atoms with Crippen molar-refractivity contribution in [1.82, 2.24) is 5.32 Å². The van der Waals surface area contributed by atoms with Crippen LogP contribution in [-0.2, 0) is 27.2 Å². The second kappa shape index (κ2) is 16.2. The number of carboxylic acid groups (broad SMARTS) is 2. The highest BCUT2D eigenvalue weighted by molar-refractivity contribution is 6.04. The molecule has 13 nitrogen and oxygen atoms in total. The van der Waals surface area contributed by atoms with E-state index in [-0.39, 0.29) is 30.4 Å². The summed E-state index contributed by atoms with van der Waals surface area (Å²) in [6.07, 6.45) is 2.57. The second-order valence-corrected chi connectivity index (χ2v) is 10.7. The molecule has 2 atom stereocenters. The minimum Gasteiger partial charge on any atom is -0.481 e. The number of nitro benzene ring substituents is 1. The van der Waals surface area contributed by atoms with E-state index >= 15 is 0 Å². The molecular formula is C32H34N6O7. The molecule has 0 saturated heterocycles. The van der Waals surface area contributed by atoms with Crippen LogP contribution in [-0.4, -0.2) is 45.0 Å². The molecule has 0 heterocycles. The number of amides is 1. The number of anilines is 2. The van der Waals surface area contributed by atoms with E-state index in [1.807, 2.05) is 13.8 Å². The van der Waals surface area contributed by atoms with E-state index in [1.165, 1.54) is 24.3 Å². The topological polar surface area (TPSA) is 207 Å². The van der Waals surface area contributed by atoms with Crippen molar-refractivity contribution >= 4 is 40.9 Å². The van der Waals surface area contributed by atoms with Crippen molar-refractivity contribution in [3.05, 3.63) is 99.6 Å². The van der Waals surface area contributed by atoms with Gasteiger partial charge in [-0.1, -0.05) is 50.2 Å². The SMILES string of the molecule is CC(C)CC(C(=O)NC(Cc1ccc(CCC(=O)O)cc1)C(=O)O)c1ccc(NC(=NC#N)Nc2ccc([N+](=O)[O-])cc2)cc1. The number of nitrogens with zero attached hydrogens (tertiary/aromatic N) is 3. The molecule has 3 aromatic carbocycles. The Hall–Kier alpha value is -5.77. The van der Waals surface area contributed by atoms with Crippen LogP contribution in [0.2, 0.25) is 0 Å². The van der Waals surface area contributed by atoms with Crippen molar-refractivity contribution in [1.29, 1.82) is 5.26 Å². The monoisotopic (exact) mass is 614 g/mol. The molecule has 0 fully saturated rings. The van der Waals surface area contributed by atoms with Crippen LogP contribution >= 0.6 is 0 Å². The van der Waals surface area contributed by atoms with E-state index in [1.54, 1.807) is 54.7 Å². The first kappa shape index (κ1) is 33.7. The molecule has 3 aromatic rings. The third-order valence-corrected chi connectivity index (χ3v) is 6.81. The van der Waals surface area contributed by atoms with E-state index in [0.29, 0.717) is 35.3 Å². The average Bonchev–Trinajstić information content (AvgIpc) is 2.99. The van der Waals surface area contributed by atoms with Crippen LogP contribution < -0.4 is 16.0 Å². The average molecular weight is 615 g/mol. The number of hydrogen-bond acceptors (Lipinski definition) is 7. The van der Waals surface area contributed by atoms with Crippen LogP contribution in [0.5, 0.6) is 0 Å². The first-order valence-corrected chi connectivity index (χ1v) is 14.1. The summed E-state index contributed by atoms with van der Waals surface area (Å²) in [4.78, 5) is 50.5. The Balaban J connectivity index is 1.71. The first-order valence-electron chi connectivity index (χ1n) is 14.1. The Morgan fingerprint density at radius 3 is 1.96 bits per heavy atom. The molecule has 0 spiro atoms. The van der Waals surface area contributed by atoms with E-state index in [2.05, 4.69) is 20.9 Å². The molecular weight excluding hydrogens is 580 g/mol. The summed E-state index contributed by atoms with van der Waals surface area (Å²) in [7, 11) is 0. The van der Waals surface area contributed by atoms with Gasteiger partial charge in [0.2, 0.25) is 18.1 Å². The number of aliphatic imine (C=N–C) groups is 1. The Kier molecular flexibility index (Phi) is 12.1. The lowest BCUT2D eigenvalue weighted by Crippen LogP contribution is -2.44. The molecule has 2 unspecified atom stereocenters. The molecule has 0 aliphatic carbocycles. The van der Waals surface area contributed by atoms with Crippen molar-refractivity contribution < 1.29 is 29.5 Å². The largest absolute Gasteiger partial charge is 0.481 e. The van der Waals surface area contributed by atoms with Gasteiger partial charge in [0, 0.05) is 36.3 Å². The summed E-state index contributed by atoms with van der Waals surface area (Å²) in [5, 5.41) is 47.3. The van der Waals surface area contributed by atoms with Crippen LogP contribution in [0.3, 0.4) is 0 Å². The smallest absolute Gasteiger partial charge is 0.326 e. The molecule has 0 aliphatic rings. The lowest BCUT2D eigenvalue weighted by molar-refractivity contribution is -0.384. The van der Waals surface area contributed by atoms with Crippen LogP contribution in [0, 0.1) is 27.5 Å². The highest BCUT2D eigenvalue weighted by Gasteiger charge is 2.27. The molecule has 45 heavy (non-hydrogen) atoms. The van der Waals surface area contributed by atoms with E-state index in [9.17, 15) is 29.6 Å². The first-order chi connectivity index (χ1) is 21.4. The zero-order chi connectivity index (χ0) is 32.9. The number of carbonyl (C=O) groups excluding carboxylic acids is 1.